The second-order valence-electron chi connectivity index (χ2n) is 6.00. The van der Waals surface area contributed by atoms with Gasteiger partial charge >= 0.3 is 0 Å². The first-order chi connectivity index (χ1) is 12.1. The van der Waals surface area contributed by atoms with Crippen LogP contribution < -0.4 is 5.32 Å². The Hall–Kier alpha value is -3.08. The quantitative estimate of drug-likeness (QED) is 0.697. The van der Waals surface area contributed by atoms with Crippen molar-refractivity contribution in [2.24, 2.45) is 0 Å². The third-order valence-corrected chi connectivity index (χ3v) is 4.39. The fourth-order valence-electron chi connectivity index (χ4n) is 2.66. The molecule has 2 N–H and O–H groups in total. The van der Waals surface area contributed by atoms with Gasteiger partial charge in [0.1, 0.15) is 5.82 Å². The summed E-state index contributed by atoms with van der Waals surface area (Å²) in [6.45, 7) is 2.01. The highest BCUT2D eigenvalue weighted by molar-refractivity contribution is 5.92. The van der Waals surface area contributed by atoms with E-state index in [0.717, 1.165) is 28.0 Å². The van der Waals surface area contributed by atoms with Crippen LogP contribution >= 0.6 is 0 Å². The van der Waals surface area contributed by atoms with E-state index in [9.17, 15) is 4.79 Å². The van der Waals surface area contributed by atoms with Crippen LogP contribution in [0.15, 0.2) is 54.7 Å². The number of rotatable bonds is 5. The molecule has 3 rings (SSSR count). The summed E-state index contributed by atoms with van der Waals surface area (Å²) < 4.78 is 0. The zero-order chi connectivity index (χ0) is 17.8. The normalized spacial score (nSPS) is 12.4. The van der Waals surface area contributed by atoms with Gasteiger partial charge in [0.2, 0.25) is 5.91 Å². The molecule has 0 radical (unpaired) electrons. The van der Waals surface area contributed by atoms with Gasteiger partial charge in [-0.1, -0.05) is 18.2 Å². The summed E-state index contributed by atoms with van der Waals surface area (Å²) in [5, 5.41) is 4.12. The number of amides is 1. The number of pyridine rings is 1. The number of aromatic nitrogens is 2. The average molecular weight is 334 g/mol. The third-order valence-electron chi connectivity index (χ3n) is 4.39. The highest BCUT2D eigenvalue weighted by atomic mass is 16.2. The number of hydrogen-bond acceptors (Lipinski definition) is 3. The molecule has 1 unspecified atom stereocenters. The second-order valence-corrected chi connectivity index (χ2v) is 6.00. The highest BCUT2D eigenvalue weighted by Gasteiger charge is 2.17. The van der Waals surface area contributed by atoms with Crippen molar-refractivity contribution in [1.82, 2.24) is 14.9 Å². The first-order valence-electron chi connectivity index (χ1n) is 8.25. The van der Waals surface area contributed by atoms with Gasteiger partial charge in [-0.2, -0.15) is 0 Å². The summed E-state index contributed by atoms with van der Waals surface area (Å²) >= 11 is 0. The van der Waals surface area contributed by atoms with Gasteiger partial charge in [0.05, 0.1) is 6.04 Å². The zero-order valence-corrected chi connectivity index (χ0v) is 14.7. The van der Waals surface area contributed by atoms with Crippen LogP contribution in [0.4, 0.5) is 5.82 Å². The topological polar surface area (TPSA) is 61.0 Å². The number of likely N-dealkylation sites (N-methyl/N-ethyl adjacent to an activating group) is 1. The predicted molar refractivity (Wildman–Crippen MR) is 102 cm³/mol. The van der Waals surface area contributed by atoms with Crippen LogP contribution in [0.2, 0.25) is 0 Å². The lowest BCUT2D eigenvalue weighted by molar-refractivity contribution is -0.126. The highest BCUT2D eigenvalue weighted by Crippen LogP contribution is 2.23. The largest absolute Gasteiger partial charge is 0.373 e. The van der Waals surface area contributed by atoms with Crippen molar-refractivity contribution in [3.8, 4) is 0 Å². The number of carbonyl (C=O) groups excluding carboxylic acids is 1. The fraction of sp³-hybridized carbons (Fsp3) is 0.200. The van der Waals surface area contributed by atoms with Crippen molar-refractivity contribution in [3.63, 3.8) is 0 Å². The first-order valence-corrected chi connectivity index (χ1v) is 8.25. The van der Waals surface area contributed by atoms with E-state index in [1.807, 2.05) is 51.4 Å². The summed E-state index contributed by atoms with van der Waals surface area (Å²) in [5.74, 6) is 0.747. The molecule has 0 aliphatic carbocycles. The molecule has 2 heterocycles. The zero-order valence-electron chi connectivity index (χ0n) is 14.7. The Bertz CT molecular complexity index is 862. The van der Waals surface area contributed by atoms with E-state index in [1.165, 1.54) is 0 Å². The number of nitrogens with zero attached hydrogens (tertiary/aromatic N) is 2. The fourth-order valence-corrected chi connectivity index (χ4v) is 2.66. The minimum atomic E-state index is -0.0520. The minimum absolute atomic E-state index is 0.0469. The number of H-pyrrole nitrogens is 1. The van der Waals surface area contributed by atoms with Crippen LogP contribution in [-0.4, -0.2) is 34.9 Å². The van der Waals surface area contributed by atoms with Crippen molar-refractivity contribution < 1.29 is 4.79 Å². The molecule has 0 fully saturated rings. The minimum Gasteiger partial charge on any atom is -0.373 e. The van der Waals surface area contributed by atoms with E-state index < -0.39 is 0 Å². The number of nitrogens with one attached hydrogen (secondary N) is 2. The molecule has 1 amide bonds. The maximum absolute atomic E-state index is 12.5. The van der Waals surface area contributed by atoms with Gasteiger partial charge in [-0.15, -0.1) is 0 Å². The SMILES string of the molecule is CNc1ccc(/C=C/C(=O)N(C)C(C)c2cc3ccccc3[nH]2)cn1. The number of hydrogen-bond donors (Lipinski definition) is 2. The Labute approximate surface area is 147 Å². The molecule has 1 aromatic carbocycles. The van der Waals surface area contributed by atoms with E-state index in [1.54, 1.807) is 23.2 Å². The summed E-state index contributed by atoms with van der Waals surface area (Å²) in [6, 6.07) is 13.9. The van der Waals surface area contributed by atoms with Crippen LogP contribution in [0.25, 0.3) is 17.0 Å². The van der Waals surface area contributed by atoms with Crippen molar-refractivity contribution in [1.29, 1.82) is 0 Å². The Kier molecular flexibility index (Phi) is 4.84. The Morgan fingerprint density at radius 1 is 1.28 bits per heavy atom. The van der Waals surface area contributed by atoms with E-state index in [0.29, 0.717) is 0 Å². The van der Waals surface area contributed by atoms with E-state index in [2.05, 4.69) is 27.4 Å². The van der Waals surface area contributed by atoms with Gasteiger partial charge in [0.25, 0.3) is 0 Å². The van der Waals surface area contributed by atoms with Gasteiger partial charge in [-0.3, -0.25) is 4.79 Å². The standard InChI is InChI=1S/C20H22N4O/c1-14(18-12-16-6-4-5-7-17(16)23-18)24(3)20(25)11-9-15-8-10-19(21-2)22-13-15/h4-14,23H,1-3H3,(H,21,22)/b11-9+. The summed E-state index contributed by atoms with van der Waals surface area (Å²) in [7, 11) is 3.63. The third kappa shape index (κ3) is 3.71. The maximum atomic E-state index is 12.5. The molecule has 0 saturated carbocycles. The van der Waals surface area contributed by atoms with Crippen LogP contribution in [-0.2, 0) is 4.79 Å². The lowest BCUT2D eigenvalue weighted by Gasteiger charge is -2.22. The number of fused-ring (bicyclic) bond motifs is 1. The molecule has 25 heavy (non-hydrogen) atoms. The average Bonchev–Trinajstić information content (AvgIpc) is 3.09. The molecule has 0 aliphatic heterocycles. The second kappa shape index (κ2) is 7.21. The molecule has 5 heteroatoms. The molecular weight excluding hydrogens is 312 g/mol. The monoisotopic (exact) mass is 334 g/mol. The molecule has 128 valence electrons. The van der Waals surface area contributed by atoms with E-state index >= 15 is 0 Å². The number of anilines is 1. The van der Waals surface area contributed by atoms with Gasteiger partial charge in [0.15, 0.2) is 0 Å². The van der Waals surface area contributed by atoms with Crippen LogP contribution in [0.1, 0.15) is 24.2 Å². The number of aromatic amines is 1. The molecule has 5 nitrogen and oxygen atoms in total. The van der Waals surface area contributed by atoms with Gasteiger partial charge in [0, 0.05) is 37.6 Å². The number of benzene rings is 1. The Morgan fingerprint density at radius 2 is 2.08 bits per heavy atom. The lowest BCUT2D eigenvalue weighted by atomic mass is 10.2. The molecular formula is C20H22N4O. The Morgan fingerprint density at radius 3 is 2.76 bits per heavy atom. The first kappa shape index (κ1) is 16.8. The van der Waals surface area contributed by atoms with Crippen molar-refractivity contribution in [2.45, 2.75) is 13.0 Å². The van der Waals surface area contributed by atoms with Crippen LogP contribution in [0, 0.1) is 0 Å². The molecule has 3 aromatic rings. The predicted octanol–water partition coefficient (Wildman–Crippen LogP) is 3.84. The molecule has 2 aromatic heterocycles. The lowest BCUT2D eigenvalue weighted by Crippen LogP contribution is -2.28. The molecule has 1 atom stereocenters. The number of carbonyl (C=O) groups is 1. The van der Waals surface area contributed by atoms with Crippen LogP contribution in [0.3, 0.4) is 0 Å². The van der Waals surface area contributed by atoms with Crippen molar-refractivity contribution >= 4 is 28.7 Å². The van der Waals surface area contributed by atoms with Gasteiger partial charge in [-0.25, -0.2) is 4.98 Å². The van der Waals surface area contributed by atoms with Crippen molar-refractivity contribution in [2.75, 3.05) is 19.4 Å². The van der Waals surface area contributed by atoms with E-state index in [-0.39, 0.29) is 11.9 Å². The number of para-hydroxylation sites is 1. The van der Waals surface area contributed by atoms with Gasteiger partial charge in [-0.05, 0) is 48.2 Å². The Balaban J connectivity index is 1.71. The van der Waals surface area contributed by atoms with Crippen molar-refractivity contribution in [3.05, 3.63) is 66.0 Å². The molecule has 0 bridgehead atoms. The molecule has 0 spiro atoms. The summed E-state index contributed by atoms with van der Waals surface area (Å²) in [4.78, 5) is 21.8. The van der Waals surface area contributed by atoms with Gasteiger partial charge < -0.3 is 15.2 Å². The maximum Gasteiger partial charge on any atom is 0.246 e. The molecule has 0 aliphatic rings. The van der Waals surface area contributed by atoms with Crippen LogP contribution in [0.5, 0.6) is 0 Å². The summed E-state index contributed by atoms with van der Waals surface area (Å²) in [5.41, 5.74) is 2.99. The smallest absolute Gasteiger partial charge is 0.246 e. The molecule has 0 saturated heterocycles. The van der Waals surface area contributed by atoms with E-state index in [4.69, 9.17) is 0 Å². The summed E-state index contributed by atoms with van der Waals surface area (Å²) in [6.07, 6.45) is 5.09.